The fourth-order valence-electron chi connectivity index (χ4n) is 2.33. The first-order chi connectivity index (χ1) is 9.47. The molecule has 1 aromatic rings. The Morgan fingerprint density at radius 3 is 2.35 bits per heavy atom. The zero-order valence-corrected chi connectivity index (χ0v) is 12.9. The number of aryl methyl sites for hydroxylation is 2. The van der Waals surface area contributed by atoms with Crippen LogP contribution in [0.2, 0.25) is 0 Å². The molecule has 0 aromatic heterocycles. The normalized spacial score (nSPS) is 12.1. The molecule has 1 atom stereocenters. The van der Waals surface area contributed by atoms with Gasteiger partial charge in [-0.2, -0.15) is 0 Å². The van der Waals surface area contributed by atoms with Crippen LogP contribution >= 0.6 is 0 Å². The van der Waals surface area contributed by atoms with E-state index in [1.165, 1.54) is 11.1 Å². The maximum Gasteiger partial charge on any atom is 0.317 e. The maximum absolute atomic E-state index is 12.2. The van der Waals surface area contributed by atoms with Gasteiger partial charge in [-0.25, -0.2) is 4.79 Å². The monoisotopic (exact) mass is 278 g/mol. The average Bonchev–Trinajstić information content (AvgIpc) is 2.37. The molecule has 20 heavy (non-hydrogen) atoms. The first-order valence-electron chi connectivity index (χ1n) is 7.22. The van der Waals surface area contributed by atoms with Crippen molar-refractivity contribution in [1.82, 2.24) is 10.2 Å². The van der Waals surface area contributed by atoms with Crippen molar-refractivity contribution in [2.24, 2.45) is 0 Å². The van der Waals surface area contributed by atoms with Crippen LogP contribution in [0, 0.1) is 13.8 Å². The molecule has 0 radical (unpaired) electrons. The van der Waals surface area contributed by atoms with Gasteiger partial charge in [-0.15, -0.1) is 0 Å². The highest BCUT2D eigenvalue weighted by molar-refractivity contribution is 5.74. The molecule has 0 heterocycles. The number of urea groups is 1. The third kappa shape index (κ3) is 4.85. The Kier molecular flexibility index (Phi) is 6.52. The smallest absolute Gasteiger partial charge is 0.317 e. The third-order valence-electron chi connectivity index (χ3n) is 3.23. The van der Waals surface area contributed by atoms with Crippen molar-refractivity contribution >= 4 is 6.03 Å². The molecular weight excluding hydrogens is 252 g/mol. The Balaban J connectivity index is 2.72. The van der Waals surface area contributed by atoms with Crippen LogP contribution in [0.1, 0.15) is 43.0 Å². The van der Waals surface area contributed by atoms with E-state index in [1.54, 1.807) is 4.90 Å². The number of carbonyl (C=O) groups excluding carboxylic acids is 1. The van der Waals surface area contributed by atoms with E-state index in [-0.39, 0.29) is 18.7 Å². The van der Waals surface area contributed by atoms with Crippen molar-refractivity contribution < 1.29 is 9.90 Å². The predicted octanol–water partition coefficient (Wildman–Crippen LogP) is 2.78. The SMILES string of the molecule is CCCN(CCO)C(=O)NC(C)c1cc(C)cc(C)c1. The molecule has 4 nitrogen and oxygen atoms in total. The molecule has 2 amide bonds. The number of hydrogen-bond donors (Lipinski definition) is 2. The minimum Gasteiger partial charge on any atom is -0.395 e. The van der Waals surface area contributed by atoms with Gasteiger partial charge in [0.1, 0.15) is 0 Å². The second-order valence-electron chi connectivity index (χ2n) is 5.30. The summed E-state index contributed by atoms with van der Waals surface area (Å²) in [5, 5.41) is 12.0. The van der Waals surface area contributed by atoms with Gasteiger partial charge >= 0.3 is 6.03 Å². The van der Waals surface area contributed by atoms with Crippen LogP contribution in [0.3, 0.4) is 0 Å². The minimum absolute atomic E-state index is 0.00858. The lowest BCUT2D eigenvalue weighted by molar-refractivity contribution is 0.174. The summed E-state index contributed by atoms with van der Waals surface area (Å²) in [5.74, 6) is 0. The Hall–Kier alpha value is -1.55. The number of benzene rings is 1. The average molecular weight is 278 g/mol. The van der Waals surface area contributed by atoms with Crippen molar-refractivity contribution in [2.75, 3.05) is 19.7 Å². The van der Waals surface area contributed by atoms with Crippen molar-refractivity contribution in [2.45, 2.75) is 40.2 Å². The fourth-order valence-corrected chi connectivity index (χ4v) is 2.33. The molecule has 0 saturated carbocycles. The number of hydrogen-bond acceptors (Lipinski definition) is 2. The maximum atomic E-state index is 12.2. The standard InChI is InChI=1S/C16H26N2O2/c1-5-6-18(7-8-19)16(20)17-14(4)15-10-12(2)9-13(3)11-15/h9-11,14,19H,5-8H2,1-4H3,(H,17,20). The number of rotatable bonds is 6. The third-order valence-corrected chi connectivity index (χ3v) is 3.23. The fraction of sp³-hybridized carbons (Fsp3) is 0.562. The Labute approximate surface area is 121 Å². The van der Waals surface area contributed by atoms with Gasteiger partial charge in [0, 0.05) is 13.1 Å². The zero-order valence-electron chi connectivity index (χ0n) is 12.9. The van der Waals surface area contributed by atoms with Gasteiger partial charge in [-0.3, -0.25) is 0 Å². The Morgan fingerprint density at radius 1 is 1.25 bits per heavy atom. The highest BCUT2D eigenvalue weighted by Crippen LogP contribution is 2.16. The number of aliphatic hydroxyl groups excluding tert-OH is 1. The molecule has 0 aliphatic carbocycles. The van der Waals surface area contributed by atoms with Crippen molar-refractivity contribution in [3.8, 4) is 0 Å². The van der Waals surface area contributed by atoms with Gasteiger partial charge in [0.15, 0.2) is 0 Å². The Morgan fingerprint density at radius 2 is 1.85 bits per heavy atom. The van der Waals surface area contributed by atoms with E-state index in [9.17, 15) is 4.79 Å². The number of carbonyl (C=O) groups is 1. The van der Waals surface area contributed by atoms with Crippen molar-refractivity contribution in [1.29, 1.82) is 0 Å². The van der Waals surface area contributed by atoms with E-state index in [2.05, 4.69) is 37.4 Å². The lowest BCUT2D eigenvalue weighted by Crippen LogP contribution is -2.42. The van der Waals surface area contributed by atoms with Crippen LogP contribution in [-0.4, -0.2) is 35.7 Å². The second-order valence-corrected chi connectivity index (χ2v) is 5.30. The van der Waals surface area contributed by atoms with E-state index in [1.807, 2.05) is 13.8 Å². The van der Waals surface area contributed by atoms with Gasteiger partial charge < -0.3 is 15.3 Å². The highest BCUT2D eigenvalue weighted by Gasteiger charge is 2.15. The number of amides is 2. The summed E-state index contributed by atoms with van der Waals surface area (Å²) in [7, 11) is 0. The van der Waals surface area contributed by atoms with Crippen LogP contribution < -0.4 is 5.32 Å². The highest BCUT2D eigenvalue weighted by atomic mass is 16.3. The number of aliphatic hydroxyl groups is 1. The quantitative estimate of drug-likeness (QED) is 0.840. The zero-order chi connectivity index (χ0) is 15.1. The Bertz CT molecular complexity index is 420. The van der Waals surface area contributed by atoms with E-state index in [0.29, 0.717) is 13.1 Å². The molecule has 0 bridgehead atoms. The number of nitrogens with zero attached hydrogens (tertiary/aromatic N) is 1. The van der Waals surface area contributed by atoms with Crippen LogP contribution in [-0.2, 0) is 0 Å². The summed E-state index contributed by atoms with van der Waals surface area (Å²) < 4.78 is 0. The summed E-state index contributed by atoms with van der Waals surface area (Å²) in [5.41, 5.74) is 3.50. The minimum atomic E-state index is -0.118. The van der Waals surface area contributed by atoms with Gasteiger partial charge in [0.2, 0.25) is 0 Å². The van der Waals surface area contributed by atoms with Gasteiger partial charge in [0.05, 0.1) is 12.6 Å². The number of nitrogens with one attached hydrogen (secondary N) is 1. The van der Waals surface area contributed by atoms with E-state index < -0.39 is 0 Å². The predicted molar refractivity (Wildman–Crippen MR) is 81.8 cm³/mol. The van der Waals surface area contributed by atoms with Gasteiger partial charge in [0.25, 0.3) is 0 Å². The molecule has 0 fully saturated rings. The van der Waals surface area contributed by atoms with Crippen LogP contribution in [0.5, 0.6) is 0 Å². The summed E-state index contributed by atoms with van der Waals surface area (Å²) >= 11 is 0. The molecule has 0 aliphatic heterocycles. The van der Waals surface area contributed by atoms with Gasteiger partial charge in [-0.1, -0.05) is 36.2 Å². The lowest BCUT2D eigenvalue weighted by Gasteiger charge is -2.24. The van der Waals surface area contributed by atoms with Crippen molar-refractivity contribution in [3.05, 3.63) is 34.9 Å². The molecule has 0 aliphatic rings. The molecule has 1 unspecified atom stereocenters. The topological polar surface area (TPSA) is 52.6 Å². The van der Waals surface area contributed by atoms with Crippen LogP contribution in [0.4, 0.5) is 4.79 Å². The van der Waals surface area contributed by atoms with Gasteiger partial charge in [-0.05, 0) is 32.8 Å². The first kappa shape index (κ1) is 16.5. The van der Waals surface area contributed by atoms with Crippen LogP contribution in [0.15, 0.2) is 18.2 Å². The summed E-state index contributed by atoms with van der Waals surface area (Å²) in [6, 6.07) is 6.14. The summed E-state index contributed by atoms with van der Waals surface area (Å²) in [6.07, 6.45) is 0.880. The van der Waals surface area contributed by atoms with E-state index >= 15 is 0 Å². The summed E-state index contributed by atoms with van der Waals surface area (Å²) in [6.45, 7) is 9.14. The second kappa shape index (κ2) is 7.90. The molecule has 1 aromatic carbocycles. The van der Waals surface area contributed by atoms with E-state index in [4.69, 9.17) is 5.11 Å². The molecule has 2 N–H and O–H groups in total. The molecule has 0 spiro atoms. The van der Waals surface area contributed by atoms with E-state index in [0.717, 1.165) is 12.0 Å². The molecule has 4 heteroatoms. The lowest BCUT2D eigenvalue weighted by atomic mass is 10.0. The molecule has 0 saturated heterocycles. The van der Waals surface area contributed by atoms with Crippen LogP contribution in [0.25, 0.3) is 0 Å². The summed E-state index contributed by atoms with van der Waals surface area (Å²) in [4.78, 5) is 13.8. The molecular formula is C16H26N2O2. The van der Waals surface area contributed by atoms with Crippen molar-refractivity contribution in [3.63, 3.8) is 0 Å². The largest absolute Gasteiger partial charge is 0.395 e. The molecule has 1 rings (SSSR count). The first-order valence-corrected chi connectivity index (χ1v) is 7.22. The molecule has 112 valence electrons.